The zero-order valence-electron chi connectivity index (χ0n) is 13.7. The second-order valence-corrected chi connectivity index (χ2v) is 6.85. The Morgan fingerprint density at radius 2 is 1.86 bits per heavy atom. The molecule has 0 aromatic heterocycles. The minimum Gasteiger partial charge on any atom is -0.365 e. The maximum atomic E-state index is 12.7. The molecule has 0 aromatic rings. The Labute approximate surface area is 129 Å². The summed E-state index contributed by atoms with van der Waals surface area (Å²) < 4.78 is 6.08. The van der Waals surface area contributed by atoms with Crippen LogP contribution >= 0.6 is 0 Å². The Bertz CT molecular complexity index is 327. The highest BCUT2D eigenvalue weighted by Gasteiger charge is 2.34. The highest BCUT2D eigenvalue weighted by atomic mass is 16.5. The first-order chi connectivity index (χ1) is 10.1. The lowest BCUT2D eigenvalue weighted by atomic mass is 9.90. The molecule has 2 N–H and O–H groups in total. The fourth-order valence-corrected chi connectivity index (χ4v) is 3.84. The molecule has 2 fully saturated rings. The molecule has 122 valence electrons. The van der Waals surface area contributed by atoms with E-state index in [0.717, 1.165) is 25.8 Å². The fourth-order valence-electron chi connectivity index (χ4n) is 3.84. The van der Waals surface area contributed by atoms with E-state index in [-0.39, 0.29) is 24.2 Å². The van der Waals surface area contributed by atoms with Crippen LogP contribution in [0.25, 0.3) is 0 Å². The minimum atomic E-state index is -0.326. The van der Waals surface area contributed by atoms with Gasteiger partial charge in [-0.3, -0.25) is 4.79 Å². The third-order valence-electron chi connectivity index (χ3n) is 5.19. The molecule has 4 heteroatoms. The van der Waals surface area contributed by atoms with Crippen LogP contribution in [0.3, 0.4) is 0 Å². The summed E-state index contributed by atoms with van der Waals surface area (Å²) in [5.41, 5.74) is 5.89. The van der Waals surface area contributed by atoms with Crippen molar-refractivity contribution >= 4 is 5.91 Å². The van der Waals surface area contributed by atoms with Gasteiger partial charge in [0.05, 0.1) is 6.10 Å². The number of rotatable bonds is 4. The van der Waals surface area contributed by atoms with Crippen molar-refractivity contribution in [3.8, 4) is 0 Å². The number of carbonyl (C=O) groups is 1. The fraction of sp³-hybridized carbons (Fsp3) is 0.941. The van der Waals surface area contributed by atoms with Crippen molar-refractivity contribution in [3.63, 3.8) is 0 Å². The predicted molar refractivity (Wildman–Crippen MR) is 85.0 cm³/mol. The molecule has 4 nitrogen and oxygen atoms in total. The van der Waals surface area contributed by atoms with Gasteiger partial charge in [-0.1, -0.05) is 32.6 Å². The number of ether oxygens (including phenoxy) is 1. The molecule has 2 rings (SSSR count). The monoisotopic (exact) mass is 296 g/mol. The average Bonchev–Trinajstić information content (AvgIpc) is 2.74. The normalized spacial score (nSPS) is 30.0. The van der Waals surface area contributed by atoms with Crippen LogP contribution in [0.5, 0.6) is 0 Å². The van der Waals surface area contributed by atoms with Gasteiger partial charge in [0.15, 0.2) is 0 Å². The van der Waals surface area contributed by atoms with Crippen LogP contribution in [0, 0.1) is 5.92 Å². The highest BCUT2D eigenvalue weighted by Crippen LogP contribution is 2.25. The van der Waals surface area contributed by atoms with Gasteiger partial charge >= 0.3 is 0 Å². The van der Waals surface area contributed by atoms with Crippen LogP contribution in [0.2, 0.25) is 0 Å². The zero-order chi connectivity index (χ0) is 15.2. The first kappa shape index (κ1) is 16.8. The Hall–Kier alpha value is -0.610. The largest absolute Gasteiger partial charge is 0.365 e. The molecule has 21 heavy (non-hydrogen) atoms. The maximum absolute atomic E-state index is 12.7. The topological polar surface area (TPSA) is 55.6 Å². The quantitative estimate of drug-likeness (QED) is 0.812. The van der Waals surface area contributed by atoms with E-state index in [9.17, 15) is 4.79 Å². The van der Waals surface area contributed by atoms with Crippen molar-refractivity contribution in [2.75, 3.05) is 13.1 Å². The summed E-state index contributed by atoms with van der Waals surface area (Å²) in [4.78, 5) is 14.7. The summed E-state index contributed by atoms with van der Waals surface area (Å²) in [6.45, 7) is 5.51. The number of nitrogens with zero attached hydrogens (tertiary/aromatic N) is 1. The number of hydrogen-bond acceptors (Lipinski definition) is 3. The van der Waals surface area contributed by atoms with Crippen LogP contribution in [0.1, 0.15) is 65.2 Å². The number of carbonyl (C=O) groups excluding carboxylic acids is 1. The number of piperidine rings is 1. The van der Waals surface area contributed by atoms with E-state index in [1.165, 1.54) is 32.1 Å². The molecule has 0 bridgehead atoms. The lowest BCUT2D eigenvalue weighted by molar-refractivity contribution is -0.151. The number of amides is 1. The average molecular weight is 296 g/mol. The third kappa shape index (κ3) is 4.43. The summed E-state index contributed by atoms with van der Waals surface area (Å²) in [5.74, 6) is 0.638. The highest BCUT2D eigenvalue weighted by molar-refractivity contribution is 5.81. The number of hydrogen-bond donors (Lipinski definition) is 1. The molecule has 1 heterocycles. The van der Waals surface area contributed by atoms with Gasteiger partial charge in [0.2, 0.25) is 0 Å². The van der Waals surface area contributed by atoms with E-state index >= 15 is 0 Å². The molecule has 1 amide bonds. The standard InChI is InChI=1S/C17H32N2O2/c1-13-8-7-11-19(16(13)12-18)17(20)14(2)21-15-9-5-3-4-6-10-15/h13-16H,3-12,18H2,1-2H3. The van der Waals surface area contributed by atoms with Crippen LogP contribution in [0.15, 0.2) is 0 Å². The second kappa shape index (κ2) is 8.14. The lowest BCUT2D eigenvalue weighted by Crippen LogP contribution is -2.54. The summed E-state index contributed by atoms with van der Waals surface area (Å²) >= 11 is 0. The Balaban J connectivity index is 1.90. The van der Waals surface area contributed by atoms with Crippen molar-refractivity contribution in [2.24, 2.45) is 11.7 Å². The van der Waals surface area contributed by atoms with E-state index in [4.69, 9.17) is 10.5 Å². The second-order valence-electron chi connectivity index (χ2n) is 6.85. The van der Waals surface area contributed by atoms with E-state index in [1.54, 1.807) is 0 Å². The zero-order valence-corrected chi connectivity index (χ0v) is 13.7. The Kier molecular flexibility index (Phi) is 6.49. The SMILES string of the molecule is CC(OC1CCCCCC1)C(=O)N1CCCC(C)C1CN. The first-order valence-corrected chi connectivity index (χ1v) is 8.79. The molecule has 1 saturated heterocycles. The first-order valence-electron chi connectivity index (χ1n) is 8.79. The van der Waals surface area contributed by atoms with Gasteiger partial charge in [-0.15, -0.1) is 0 Å². The van der Waals surface area contributed by atoms with Crippen molar-refractivity contribution in [2.45, 2.75) is 83.5 Å². The smallest absolute Gasteiger partial charge is 0.251 e. The van der Waals surface area contributed by atoms with Crippen molar-refractivity contribution in [1.82, 2.24) is 4.90 Å². The summed E-state index contributed by atoms with van der Waals surface area (Å²) in [5, 5.41) is 0. The van der Waals surface area contributed by atoms with Gasteiger partial charge in [-0.25, -0.2) is 0 Å². The molecular formula is C17H32N2O2. The lowest BCUT2D eigenvalue weighted by Gasteiger charge is -2.40. The van der Waals surface area contributed by atoms with E-state index < -0.39 is 0 Å². The molecule has 1 aliphatic heterocycles. The van der Waals surface area contributed by atoms with Crippen LogP contribution in [-0.2, 0) is 9.53 Å². The Morgan fingerprint density at radius 3 is 2.48 bits per heavy atom. The predicted octanol–water partition coefficient (Wildman–Crippen LogP) is 2.70. The van der Waals surface area contributed by atoms with Crippen molar-refractivity contribution < 1.29 is 9.53 Å². The summed E-state index contributed by atoms with van der Waals surface area (Å²) in [6.07, 6.45) is 9.49. The molecule has 1 aliphatic carbocycles. The summed E-state index contributed by atoms with van der Waals surface area (Å²) in [7, 11) is 0. The van der Waals surface area contributed by atoms with Gasteiger partial charge in [-0.2, -0.15) is 0 Å². The maximum Gasteiger partial charge on any atom is 0.251 e. The molecule has 0 radical (unpaired) electrons. The molecule has 3 atom stereocenters. The Morgan fingerprint density at radius 1 is 1.19 bits per heavy atom. The van der Waals surface area contributed by atoms with Crippen LogP contribution in [-0.4, -0.2) is 42.1 Å². The van der Waals surface area contributed by atoms with Gasteiger partial charge in [0.1, 0.15) is 6.10 Å². The van der Waals surface area contributed by atoms with E-state index in [1.807, 2.05) is 11.8 Å². The van der Waals surface area contributed by atoms with Gasteiger partial charge < -0.3 is 15.4 Å². The van der Waals surface area contributed by atoms with Crippen molar-refractivity contribution in [3.05, 3.63) is 0 Å². The van der Waals surface area contributed by atoms with E-state index in [2.05, 4.69) is 6.92 Å². The van der Waals surface area contributed by atoms with Crippen LogP contribution in [0.4, 0.5) is 0 Å². The van der Waals surface area contributed by atoms with E-state index in [0.29, 0.717) is 12.5 Å². The van der Waals surface area contributed by atoms with Gasteiger partial charge in [0.25, 0.3) is 5.91 Å². The minimum absolute atomic E-state index is 0.140. The third-order valence-corrected chi connectivity index (χ3v) is 5.19. The molecule has 3 unspecified atom stereocenters. The molecule has 0 aromatic carbocycles. The molecule has 2 aliphatic rings. The van der Waals surface area contributed by atoms with Gasteiger partial charge in [-0.05, 0) is 38.5 Å². The number of nitrogens with two attached hydrogens (primary N) is 1. The summed E-state index contributed by atoms with van der Waals surface area (Å²) in [6, 6.07) is 0.187. The number of likely N-dealkylation sites (tertiary alicyclic amines) is 1. The molecular weight excluding hydrogens is 264 g/mol. The molecule has 1 saturated carbocycles. The van der Waals surface area contributed by atoms with Gasteiger partial charge in [0, 0.05) is 19.1 Å². The van der Waals surface area contributed by atoms with Crippen LogP contribution < -0.4 is 5.73 Å². The molecule has 0 spiro atoms. The van der Waals surface area contributed by atoms with Crippen molar-refractivity contribution in [1.29, 1.82) is 0 Å².